The van der Waals surface area contributed by atoms with Crippen LogP contribution in [0.3, 0.4) is 0 Å². The van der Waals surface area contributed by atoms with Gasteiger partial charge in [0.15, 0.2) is 6.29 Å². The second-order valence-corrected chi connectivity index (χ2v) is 9.69. The smallest absolute Gasteiger partial charge is 0.252 e. The summed E-state index contributed by atoms with van der Waals surface area (Å²) in [7, 11) is 0. The van der Waals surface area contributed by atoms with Crippen molar-refractivity contribution in [3.05, 3.63) is 101 Å². The number of hydrogen-bond donors (Lipinski definition) is 2. The summed E-state index contributed by atoms with van der Waals surface area (Å²) in [6.07, 6.45) is 4.34. The minimum atomic E-state index is -0.332. The number of nitrogens with one attached hydrogen (secondary N) is 2. The quantitative estimate of drug-likeness (QED) is 0.173. The van der Waals surface area contributed by atoms with Crippen molar-refractivity contribution in [1.82, 2.24) is 15.3 Å². The first-order valence-electron chi connectivity index (χ1n) is 13.9. The van der Waals surface area contributed by atoms with Crippen LogP contribution in [-0.2, 0) is 27.1 Å². The number of Topliss-reactive ketones (excluding diaryl/α,β-unsaturated/α-hetero) is 1. The molecule has 0 fully saturated rings. The number of hydrogen-bond acceptors (Lipinski definition) is 6. The van der Waals surface area contributed by atoms with E-state index in [-0.39, 0.29) is 18.0 Å². The SMILES string of the molecule is CCOC(CCNC(=O)c1c[nH]c(-c2cc(Oc3ccc(CC(=O)Cc4cccc(C)c4)cc3)ccn2)c1)OCC. The van der Waals surface area contributed by atoms with Crippen molar-refractivity contribution < 1.29 is 23.8 Å². The maximum absolute atomic E-state index is 12.6. The zero-order valence-electron chi connectivity index (χ0n) is 23.8. The molecule has 214 valence electrons. The Bertz CT molecular complexity index is 1420. The number of pyridine rings is 1. The molecule has 4 rings (SSSR count). The second kappa shape index (κ2) is 14.9. The highest BCUT2D eigenvalue weighted by Gasteiger charge is 2.13. The molecule has 0 unspecified atom stereocenters. The number of rotatable bonds is 15. The minimum absolute atomic E-state index is 0.169. The first-order valence-corrected chi connectivity index (χ1v) is 13.9. The number of H-pyrrole nitrogens is 1. The van der Waals surface area contributed by atoms with E-state index < -0.39 is 0 Å². The fraction of sp³-hybridized carbons (Fsp3) is 0.303. The Morgan fingerprint density at radius 2 is 1.66 bits per heavy atom. The molecule has 8 nitrogen and oxygen atoms in total. The fourth-order valence-corrected chi connectivity index (χ4v) is 4.44. The van der Waals surface area contributed by atoms with Gasteiger partial charge in [0.05, 0.1) is 17.0 Å². The third kappa shape index (κ3) is 9.13. The molecule has 0 bridgehead atoms. The molecule has 8 heteroatoms. The lowest BCUT2D eigenvalue weighted by molar-refractivity contribution is -0.138. The Hall–Kier alpha value is -4.27. The number of ketones is 1. The number of aromatic amines is 1. The predicted octanol–water partition coefficient (Wildman–Crippen LogP) is 6.05. The van der Waals surface area contributed by atoms with Crippen LogP contribution in [-0.4, -0.2) is 47.7 Å². The largest absolute Gasteiger partial charge is 0.457 e. The number of ether oxygens (including phenoxy) is 3. The summed E-state index contributed by atoms with van der Waals surface area (Å²) in [6, 6.07) is 20.9. The van der Waals surface area contributed by atoms with Gasteiger partial charge >= 0.3 is 0 Å². The van der Waals surface area contributed by atoms with Gasteiger partial charge in [0.25, 0.3) is 5.91 Å². The number of aromatic nitrogens is 2. The Morgan fingerprint density at radius 1 is 0.902 bits per heavy atom. The van der Waals surface area contributed by atoms with Gasteiger partial charge in [0.2, 0.25) is 0 Å². The highest BCUT2D eigenvalue weighted by atomic mass is 16.7. The van der Waals surface area contributed by atoms with Gasteiger partial charge in [-0.1, -0.05) is 42.0 Å². The van der Waals surface area contributed by atoms with Crippen LogP contribution in [0, 0.1) is 6.92 Å². The Labute approximate surface area is 241 Å². The predicted molar refractivity (Wildman–Crippen MR) is 158 cm³/mol. The third-order valence-electron chi connectivity index (χ3n) is 6.37. The number of carbonyl (C=O) groups is 2. The normalized spacial score (nSPS) is 11.0. The summed E-state index contributed by atoms with van der Waals surface area (Å²) in [5.41, 5.74) is 4.97. The molecule has 4 aromatic rings. The molecular formula is C33H37N3O5. The monoisotopic (exact) mass is 555 g/mol. The van der Waals surface area contributed by atoms with Gasteiger partial charge in [-0.2, -0.15) is 0 Å². The topological polar surface area (TPSA) is 103 Å². The molecule has 0 saturated heterocycles. The van der Waals surface area contributed by atoms with E-state index in [1.165, 1.54) is 0 Å². The van der Waals surface area contributed by atoms with Crippen molar-refractivity contribution in [3.8, 4) is 22.9 Å². The van der Waals surface area contributed by atoms with Crippen molar-refractivity contribution in [2.45, 2.75) is 46.3 Å². The summed E-state index contributed by atoms with van der Waals surface area (Å²) in [5.74, 6) is 1.24. The molecule has 1 amide bonds. The van der Waals surface area contributed by atoms with Crippen molar-refractivity contribution in [1.29, 1.82) is 0 Å². The van der Waals surface area contributed by atoms with Crippen LogP contribution < -0.4 is 10.1 Å². The van der Waals surface area contributed by atoms with Crippen LogP contribution in [0.5, 0.6) is 11.5 Å². The Morgan fingerprint density at radius 3 is 2.39 bits per heavy atom. The van der Waals surface area contributed by atoms with Crippen LogP contribution in [0.25, 0.3) is 11.4 Å². The molecule has 0 atom stereocenters. The average molecular weight is 556 g/mol. The van der Waals surface area contributed by atoms with Gasteiger partial charge in [-0.3, -0.25) is 14.6 Å². The van der Waals surface area contributed by atoms with Crippen molar-refractivity contribution in [2.24, 2.45) is 0 Å². The van der Waals surface area contributed by atoms with Crippen molar-refractivity contribution >= 4 is 11.7 Å². The van der Waals surface area contributed by atoms with Crippen LogP contribution in [0.1, 0.15) is 47.3 Å². The van der Waals surface area contributed by atoms with Crippen LogP contribution in [0.4, 0.5) is 0 Å². The molecule has 0 aliphatic carbocycles. The maximum Gasteiger partial charge on any atom is 0.252 e. The zero-order valence-corrected chi connectivity index (χ0v) is 23.8. The van der Waals surface area contributed by atoms with E-state index in [0.717, 1.165) is 16.7 Å². The standard InChI is InChI=1S/C33H37N3O5/c1-4-39-32(40-5-2)14-16-35-33(38)26-20-30(36-22-26)31-21-29(13-15-34-31)41-28-11-9-24(10-12-28)18-27(37)19-25-8-6-7-23(3)17-25/h6-13,15,17,20-22,32,36H,4-5,14,16,18-19H2,1-3H3,(H,35,38). The van der Waals surface area contributed by atoms with Crippen molar-refractivity contribution in [2.75, 3.05) is 19.8 Å². The van der Waals surface area contributed by atoms with Gasteiger partial charge in [-0.15, -0.1) is 0 Å². The summed E-state index contributed by atoms with van der Waals surface area (Å²) in [5, 5.41) is 2.90. The molecule has 0 aliphatic rings. The van der Waals surface area contributed by atoms with Crippen LogP contribution in [0.15, 0.2) is 79.1 Å². The van der Waals surface area contributed by atoms with E-state index in [0.29, 0.717) is 67.5 Å². The molecule has 0 saturated carbocycles. The lowest BCUT2D eigenvalue weighted by Gasteiger charge is -2.16. The third-order valence-corrected chi connectivity index (χ3v) is 6.37. The van der Waals surface area contributed by atoms with Crippen LogP contribution in [0.2, 0.25) is 0 Å². The average Bonchev–Trinajstić information content (AvgIpc) is 3.45. The summed E-state index contributed by atoms with van der Waals surface area (Å²) in [6.45, 7) is 7.39. The molecule has 2 heterocycles. The van der Waals surface area contributed by atoms with Gasteiger partial charge in [0, 0.05) is 57.5 Å². The first kappa shape index (κ1) is 29.7. The number of carbonyl (C=O) groups excluding carboxylic acids is 2. The number of nitrogens with zero attached hydrogens (tertiary/aromatic N) is 1. The highest BCUT2D eigenvalue weighted by Crippen LogP contribution is 2.26. The molecule has 41 heavy (non-hydrogen) atoms. The highest BCUT2D eigenvalue weighted by molar-refractivity contribution is 5.95. The van der Waals surface area contributed by atoms with E-state index in [1.54, 1.807) is 24.5 Å². The zero-order chi connectivity index (χ0) is 29.0. The minimum Gasteiger partial charge on any atom is -0.457 e. The van der Waals surface area contributed by atoms with E-state index in [4.69, 9.17) is 14.2 Å². The molecule has 0 radical (unpaired) electrons. The van der Waals surface area contributed by atoms with Crippen LogP contribution >= 0.6 is 0 Å². The summed E-state index contributed by atoms with van der Waals surface area (Å²) < 4.78 is 17.1. The van der Waals surface area contributed by atoms with E-state index >= 15 is 0 Å². The lowest BCUT2D eigenvalue weighted by atomic mass is 10.0. The van der Waals surface area contributed by atoms with Crippen molar-refractivity contribution in [3.63, 3.8) is 0 Å². The Balaban J connectivity index is 1.30. The molecule has 2 aromatic heterocycles. The Kier molecular flexibility index (Phi) is 10.8. The molecule has 0 aliphatic heterocycles. The van der Waals surface area contributed by atoms with Gasteiger partial charge < -0.3 is 24.5 Å². The second-order valence-electron chi connectivity index (χ2n) is 9.69. The van der Waals surface area contributed by atoms with E-state index in [1.807, 2.05) is 75.4 Å². The summed E-state index contributed by atoms with van der Waals surface area (Å²) >= 11 is 0. The summed E-state index contributed by atoms with van der Waals surface area (Å²) in [4.78, 5) is 32.7. The van der Waals surface area contributed by atoms with Gasteiger partial charge in [0.1, 0.15) is 17.3 Å². The molecular weight excluding hydrogens is 518 g/mol. The fourth-order valence-electron chi connectivity index (χ4n) is 4.44. The number of aryl methyl sites for hydroxylation is 1. The van der Waals surface area contributed by atoms with E-state index in [2.05, 4.69) is 15.3 Å². The number of amides is 1. The van der Waals surface area contributed by atoms with Gasteiger partial charge in [-0.05, 0) is 56.2 Å². The molecule has 2 aromatic carbocycles. The van der Waals surface area contributed by atoms with E-state index in [9.17, 15) is 9.59 Å². The maximum atomic E-state index is 12.6. The number of benzene rings is 2. The first-order chi connectivity index (χ1) is 19.9. The van der Waals surface area contributed by atoms with Gasteiger partial charge in [-0.25, -0.2) is 0 Å². The lowest BCUT2D eigenvalue weighted by Crippen LogP contribution is -2.29. The molecule has 2 N–H and O–H groups in total. The molecule has 0 spiro atoms.